The molecule has 308 valence electrons. The minimum Gasteiger partial charge on any atom is -0.481 e. The van der Waals surface area contributed by atoms with Crippen LogP contribution in [0.5, 0.6) is 51.7 Å². The van der Waals surface area contributed by atoms with Crippen LogP contribution in [0.1, 0.15) is 83.0 Å². The molecule has 0 saturated carbocycles. The molecule has 0 N–H and O–H groups in total. The fourth-order valence-corrected chi connectivity index (χ4v) is 5.43. The average molecular weight is 811 g/mol. The lowest BCUT2D eigenvalue weighted by Gasteiger charge is -2.34. The number of fused-ring (bicyclic) bond motifs is 1. The Labute approximate surface area is 330 Å². The summed E-state index contributed by atoms with van der Waals surface area (Å²) in [5.41, 5.74) is -0.143. The van der Waals surface area contributed by atoms with Gasteiger partial charge in [0.1, 0.15) is 23.4 Å². The first-order chi connectivity index (χ1) is 27.3. The molecule has 1 aliphatic heterocycles. The fourth-order valence-electron chi connectivity index (χ4n) is 5.43. The molecule has 3 aromatic rings. The third-order valence-electron chi connectivity index (χ3n) is 7.29. The Morgan fingerprint density at radius 3 is 1.50 bits per heavy atom. The molecule has 0 saturated heterocycles. The molecule has 1 aliphatic rings. The van der Waals surface area contributed by atoms with Gasteiger partial charge in [-0.15, -0.1) is 0 Å². The quantitative estimate of drug-likeness (QED) is 0.0946. The minimum absolute atomic E-state index is 0.0136. The van der Waals surface area contributed by atoms with Crippen LogP contribution in [0, 0.1) is 0 Å². The molecule has 0 aliphatic carbocycles. The Balaban J connectivity index is 1.95. The van der Waals surface area contributed by atoms with Crippen LogP contribution in [0.3, 0.4) is 0 Å². The molecule has 19 nitrogen and oxygen atoms in total. The van der Waals surface area contributed by atoms with Crippen molar-refractivity contribution in [2.75, 3.05) is 13.4 Å². The van der Waals surface area contributed by atoms with Crippen LogP contribution >= 0.6 is 0 Å². The third kappa shape index (κ3) is 11.7. The monoisotopic (exact) mass is 810 g/mol. The molecule has 1 heterocycles. The summed E-state index contributed by atoms with van der Waals surface area (Å²) in [6, 6.07) is 7.13. The van der Waals surface area contributed by atoms with Gasteiger partial charge in [-0.05, 0) is 31.2 Å². The Hall–Kier alpha value is -7.02. The van der Waals surface area contributed by atoms with Crippen LogP contribution in [-0.4, -0.2) is 67.3 Å². The van der Waals surface area contributed by atoms with Crippen molar-refractivity contribution in [3.63, 3.8) is 0 Å². The summed E-state index contributed by atoms with van der Waals surface area (Å²) in [6.07, 6.45) is -3.11. The maximum atomic E-state index is 14.1. The second-order valence-corrected chi connectivity index (χ2v) is 12.1. The number of carbonyl (C=O) groups excluding carboxylic acids is 8. The van der Waals surface area contributed by atoms with Crippen LogP contribution in [-0.2, 0) is 49.5 Å². The highest BCUT2D eigenvalue weighted by molar-refractivity contribution is 5.92. The number of benzene rings is 3. The number of hydrogen-bond acceptors (Lipinski definition) is 19. The van der Waals surface area contributed by atoms with Gasteiger partial charge in [-0.25, -0.2) is 4.79 Å². The van der Waals surface area contributed by atoms with Gasteiger partial charge in [0.15, 0.2) is 35.9 Å². The van der Waals surface area contributed by atoms with Gasteiger partial charge in [0.05, 0.1) is 5.56 Å². The van der Waals surface area contributed by atoms with E-state index in [1.54, 1.807) is 6.92 Å². The molecule has 3 aromatic carbocycles. The van der Waals surface area contributed by atoms with Crippen molar-refractivity contribution < 1.29 is 90.5 Å². The van der Waals surface area contributed by atoms with Gasteiger partial charge in [0.2, 0.25) is 11.5 Å². The van der Waals surface area contributed by atoms with Gasteiger partial charge in [0, 0.05) is 84.8 Å². The van der Waals surface area contributed by atoms with E-state index in [4.69, 9.17) is 52.1 Å². The molecule has 0 bridgehead atoms. The zero-order valence-electron chi connectivity index (χ0n) is 32.5. The first-order valence-electron chi connectivity index (χ1n) is 17.2. The summed E-state index contributed by atoms with van der Waals surface area (Å²) in [7, 11) is 0. The zero-order chi connectivity index (χ0) is 42.8. The highest BCUT2D eigenvalue weighted by atomic mass is 16.7. The van der Waals surface area contributed by atoms with Crippen molar-refractivity contribution in [2.24, 2.45) is 0 Å². The van der Waals surface area contributed by atoms with E-state index >= 15 is 0 Å². The molecule has 0 radical (unpaired) electrons. The number of hydrogen-bond donors (Lipinski definition) is 0. The molecule has 0 amide bonds. The van der Waals surface area contributed by atoms with E-state index in [0.717, 1.165) is 60.6 Å². The van der Waals surface area contributed by atoms with Crippen molar-refractivity contribution in [3.8, 4) is 51.7 Å². The molecule has 19 heteroatoms. The first-order valence-corrected chi connectivity index (χ1v) is 17.2. The zero-order valence-corrected chi connectivity index (χ0v) is 32.5. The summed E-state index contributed by atoms with van der Waals surface area (Å²) >= 11 is 0. The van der Waals surface area contributed by atoms with Crippen LogP contribution in [0.25, 0.3) is 0 Å². The van der Waals surface area contributed by atoms with E-state index in [1.165, 1.54) is 24.3 Å². The second-order valence-electron chi connectivity index (χ2n) is 12.1. The Morgan fingerprint density at radius 2 is 1.03 bits per heavy atom. The van der Waals surface area contributed by atoms with Gasteiger partial charge >= 0.3 is 47.8 Å². The van der Waals surface area contributed by atoms with Crippen LogP contribution < -0.4 is 42.6 Å². The lowest BCUT2D eigenvalue weighted by molar-refractivity contribution is -0.135. The van der Waals surface area contributed by atoms with Crippen LogP contribution in [0.4, 0.5) is 0 Å². The van der Waals surface area contributed by atoms with Gasteiger partial charge in [0.25, 0.3) is 0 Å². The summed E-state index contributed by atoms with van der Waals surface area (Å²) < 4.78 is 60.3. The molecule has 0 unspecified atom stereocenters. The number of carbonyl (C=O) groups is 8. The molecule has 0 spiro atoms. The van der Waals surface area contributed by atoms with Crippen LogP contribution in [0.15, 0.2) is 36.4 Å². The predicted octanol–water partition coefficient (Wildman–Crippen LogP) is 4.44. The lowest BCUT2D eigenvalue weighted by Crippen LogP contribution is -2.35. The van der Waals surface area contributed by atoms with E-state index in [0.29, 0.717) is 0 Å². The van der Waals surface area contributed by atoms with Gasteiger partial charge in [-0.1, -0.05) is 0 Å². The Bertz CT molecular complexity index is 2080. The summed E-state index contributed by atoms with van der Waals surface area (Å²) in [5.74, 6) is -9.25. The normalized spacial score (nSPS) is 14.0. The minimum atomic E-state index is -1.42. The number of esters is 8. The van der Waals surface area contributed by atoms with Crippen molar-refractivity contribution in [2.45, 2.75) is 74.0 Å². The standard InChI is InChI=1S/C39H38O19/c1-9-48-17-49-37-31(52-20(4)42)12-26(13-32(37)53-21(5)43)39(47)58-35-16-28-29(51-19(3)41)14-27(50-18(2)40)15-30(28)57-36(35)25-10-33(54-22(6)44)38(56-24(8)46)34(11-25)55-23(7)45/h10-15,35-36H,9,16-17H2,1-8H3/t35-,36-/m1/s1. The number of rotatable bonds is 14. The topological polar surface area (TPSA) is 238 Å². The van der Waals surface area contributed by atoms with Gasteiger partial charge < -0.3 is 52.1 Å². The van der Waals surface area contributed by atoms with Gasteiger partial charge in [-0.2, -0.15) is 0 Å². The lowest BCUT2D eigenvalue weighted by atomic mass is 9.93. The average Bonchev–Trinajstić information content (AvgIpc) is 3.08. The SMILES string of the molecule is CCOCOc1c(OC(C)=O)cc(C(=O)O[C@@H]2Cc3c(OC(C)=O)cc(OC(C)=O)cc3O[C@@H]2c2cc(OC(C)=O)c(OC(C)=O)c(OC(C)=O)c2)cc1OC(C)=O. The van der Waals surface area contributed by atoms with E-state index < -0.39 is 77.2 Å². The number of ether oxygens (including phenoxy) is 11. The summed E-state index contributed by atoms with van der Waals surface area (Å²) in [6.45, 7) is 9.17. The van der Waals surface area contributed by atoms with Crippen molar-refractivity contribution in [3.05, 3.63) is 53.1 Å². The van der Waals surface area contributed by atoms with E-state index in [-0.39, 0.29) is 71.0 Å². The Kier molecular flexibility index (Phi) is 14.5. The van der Waals surface area contributed by atoms with Crippen LogP contribution in [0.2, 0.25) is 0 Å². The van der Waals surface area contributed by atoms with Crippen molar-refractivity contribution >= 4 is 47.8 Å². The maximum absolute atomic E-state index is 14.1. The second kappa shape index (κ2) is 19.2. The molecule has 0 fully saturated rings. The van der Waals surface area contributed by atoms with E-state index in [2.05, 4.69) is 0 Å². The highest BCUT2D eigenvalue weighted by Crippen LogP contribution is 2.48. The van der Waals surface area contributed by atoms with Crippen molar-refractivity contribution in [1.29, 1.82) is 0 Å². The molecular weight excluding hydrogens is 772 g/mol. The largest absolute Gasteiger partial charge is 0.481 e. The summed E-state index contributed by atoms with van der Waals surface area (Å²) in [5, 5.41) is 0. The van der Waals surface area contributed by atoms with E-state index in [1.807, 2.05) is 0 Å². The predicted molar refractivity (Wildman–Crippen MR) is 192 cm³/mol. The Morgan fingerprint density at radius 1 is 0.569 bits per heavy atom. The highest BCUT2D eigenvalue weighted by Gasteiger charge is 2.39. The molecule has 0 aromatic heterocycles. The summed E-state index contributed by atoms with van der Waals surface area (Å²) in [4.78, 5) is 98.9. The van der Waals surface area contributed by atoms with Crippen molar-refractivity contribution in [1.82, 2.24) is 0 Å². The van der Waals surface area contributed by atoms with Gasteiger partial charge in [-0.3, -0.25) is 33.6 Å². The third-order valence-corrected chi connectivity index (χ3v) is 7.29. The maximum Gasteiger partial charge on any atom is 0.338 e. The fraction of sp³-hybridized carbons (Fsp3) is 0.333. The molecule has 2 atom stereocenters. The molecule has 58 heavy (non-hydrogen) atoms. The molecule has 4 rings (SSSR count). The first kappa shape index (κ1) is 43.7. The van der Waals surface area contributed by atoms with E-state index in [9.17, 15) is 38.4 Å². The smallest absolute Gasteiger partial charge is 0.338 e. The molecular formula is C39H38O19.